The van der Waals surface area contributed by atoms with Gasteiger partial charge < -0.3 is 9.47 Å². The number of rotatable bonds is 2. The molecule has 2 aliphatic heterocycles. The standard InChI is InChI=1S/C11H10N2O5/c1-3-8(13-18-12-3)9(14)6-5-4-2-16-11(17-4)10(15)7(5)6/h4-7,11H,2H2,1H3/t4-,5-,6-,7+,11+/m0/s1. The number of aromatic nitrogens is 2. The predicted octanol–water partition coefficient (Wildman–Crippen LogP) is -0.253. The van der Waals surface area contributed by atoms with Crippen molar-refractivity contribution in [3.63, 3.8) is 0 Å². The molecule has 3 aliphatic rings. The molecule has 0 aromatic carbocycles. The van der Waals surface area contributed by atoms with Gasteiger partial charge in [-0.25, -0.2) is 4.63 Å². The molecule has 3 heterocycles. The lowest BCUT2D eigenvalue weighted by molar-refractivity contribution is -0.153. The topological polar surface area (TPSA) is 91.5 Å². The molecular weight excluding hydrogens is 240 g/mol. The Balaban J connectivity index is 1.64. The normalized spacial score (nSPS) is 40.7. The zero-order valence-corrected chi connectivity index (χ0v) is 9.53. The monoisotopic (exact) mass is 250 g/mol. The first-order valence-electron chi connectivity index (χ1n) is 5.82. The fourth-order valence-corrected chi connectivity index (χ4v) is 3.04. The van der Waals surface area contributed by atoms with Crippen molar-refractivity contribution in [1.82, 2.24) is 10.3 Å². The first kappa shape index (κ1) is 10.3. The number of hydrogen-bond acceptors (Lipinski definition) is 7. The molecule has 0 N–H and O–H groups in total. The second-order valence-electron chi connectivity index (χ2n) is 4.93. The van der Waals surface area contributed by atoms with Gasteiger partial charge in [0.2, 0.25) is 6.29 Å². The number of ketones is 2. The molecule has 5 atom stereocenters. The van der Waals surface area contributed by atoms with Crippen LogP contribution >= 0.6 is 0 Å². The Morgan fingerprint density at radius 1 is 1.39 bits per heavy atom. The number of Topliss-reactive ketones (excluding diaryl/α,β-unsaturated/α-hetero) is 2. The van der Waals surface area contributed by atoms with Crippen LogP contribution in [-0.2, 0) is 14.3 Å². The Kier molecular flexibility index (Phi) is 1.86. The van der Waals surface area contributed by atoms with Crippen LogP contribution in [0.4, 0.5) is 0 Å². The zero-order valence-electron chi connectivity index (χ0n) is 9.53. The van der Waals surface area contributed by atoms with Gasteiger partial charge in [-0.2, -0.15) is 0 Å². The minimum Gasteiger partial charge on any atom is -0.343 e. The summed E-state index contributed by atoms with van der Waals surface area (Å²) in [5.41, 5.74) is 0.678. The predicted molar refractivity (Wildman–Crippen MR) is 53.5 cm³/mol. The molecule has 1 aromatic rings. The lowest BCUT2D eigenvalue weighted by Gasteiger charge is -2.14. The minimum atomic E-state index is -0.773. The molecule has 18 heavy (non-hydrogen) atoms. The number of nitrogens with zero attached hydrogens (tertiary/aromatic N) is 2. The molecule has 2 saturated heterocycles. The van der Waals surface area contributed by atoms with Gasteiger partial charge in [0.1, 0.15) is 5.69 Å². The van der Waals surface area contributed by atoms with Crippen molar-refractivity contribution >= 4 is 11.6 Å². The molecule has 94 valence electrons. The van der Waals surface area contributed by atoms with Crippen LogP contribution in [0.5, 0.6) is 0 Å². The SMILES string of the molecule is Cc1nonc1C(=O)[C@@H]1[C@@H]2C(=O)[C@@H]3OC[C@H](O3)[C@@H]12. The maximum Gasteiger partial charge on any atom is 0.218 e. The number of hydrogen-bond donors (Lipinski definition) is 0. The Hall–Kier alpha value is -1.60. The lowest BCUT2D eigenvalue weighted by atomic mass is 10.1. The summed E-state index contributed by atoms with van der Waals surface area (Å²) in [6.07, 6.45) is -0.919. The van der Waals surface area contributed by atoms with Gasteiger partial charge in [0, 0.05) is 17.8 Å². The number of carbonyl (C=O) groups excluding carboxylic acids is 2. The summed E-state index contributed by atoms with van der Waals surface area (Å²) in [5, 5.41) is 7.19. The van der Waals surface area contributed by atoms with Crippen LogP contribution in [0.15, 0.2) is 4.63 Å². The van der Waals surface area contributed by atoms with Crippen LogP contribution in [0.1, 0.15) is 16.2 Å². The van der Waals surface area contributed by atoms with Crippen LogP contribution in [0, 0.1) is 24.7 Å². The van der Waals surface area contributed by atoms with E-state index in [0.717, 1.165) is 0 Å². The molecule has 7 nitrogen and oxygen atoms in total. The Morgan fingerprint density at radius 3 is 2.94 bits per heavy atom. The van der Waals surface area contributed by atoms with Crippen LogP contribution in [0.3, 0.4) is 0 Å². The first-order valence-corrected chi connectivity index (χ1v) is 5.82. The van der Waals surface area contributed by atoms with Crippen LogP contribution in [0.2, 0.25) is 0 Å². The Bertz CT molecular complexity index is 553. The summed E-state index contributed by atoms with van der Waals surface area (Å²) in [6.45, 7) is 2.04. The first-order chi connectivity index (χ1) is 8.68. The number of carbonyl (C=O) groups is 2. The van der Waals surface area contributed by atoms with Crippen molar-refractivity contribution in [3.05, 3.63) is 11.4 Å². The van der Waals surface area contributed by atoms with Crippen LogP contribution in [-0.4, -0.2) is 40.9 Å². The average molecular weight is 250 g/mol. The summed E-state index contributed by atoms with van der Waals surface area (Å²) >= 11 is 0. The van der Waals surface area contributed by atoms with Crippen molar-refractivity contribution in [2.75, 3.05) is 6.61 Å². The van der Waals surface area contributed by atoms with E-state index in [9.17, 15) is 9.59 Å². The van der Waals surface area contributed by atoms with Crippen molar-refractivity contribution in [2.45, 2.75) is 19.3 Å². The van der Waals surface area contributed by atoms with Gasteiger partial charge >= 0.3 is 0 Å². The fraction of sp³-hybridized carbons (Fsp3) is 0.636. The van der Waals surface area contributed by atoms with E-state index in [0.29, 0.717) is 12.3 Å². The maximum atomic E-state index is 12.3. The molecule has 1 aromatic heterocycles. The summed E-state index contributed by atoms with van der Waals surface area (Å²) in [6, 6.07) is 0. The highest BCUT2D eigenvalue weighted by Crippen LogP contribution is 2.57. The van der Waals surface area contributed by atoms with Gasteiger partial charge in [0.05, 0.1) is 12.7 Å². The number of aryl methyl sites for hydroxylation is 1. The van der Waals surface area contributed by atoms with Gasteiger partial charge in [-0.1, -0.05) is 5.16 Å². The van der Waals surface area contributed by atoms with E-state index in [1.807, 2.05) is 0 Å². The third-order valence-electron chi connectivity index (χ3n) is 3.96. The molecule has 2 bridgehead atoms. The largest absolute Gasteiger partial charge is 0.343 e. The van der Waals surface area contributed by atoms with E-state index in [4.69, 9.17) is 9.47 Å². The lowest BCUT2D eigenvalue weighted by Crippen LogP contribution is -2.30. The van der Waals surface area contributed by atoms with E-state index in [2.05, 4.69) is 14.9 Å². The number of ether oxygens (including phenoxy) is 2. The summed E-state index contributed by atoms with van der Waals surface area (Å²) in [5.74, 6) is -0.990. The smallest absolute Gasteiger partial charge is 0.218 e. The van der Waals surface area contributed by atoms with Crippen molar-refractivity contribution < 1.29 is 23.7 Å². The van der Waals surface area contributed by atoms with E-state index < -0.39 is 6.29 Å². The molecule has 0 unspecified atom stereocenters. The van der Waals surface area contributed by atoms with E-state index in [1.165, 1.54) is 0 Å². The van der Waals surface area contributed by atoms with Crippen LogP contribution < -0.4 is 0 Å². The molecule has 0 spiro atoms. The second-order valence-corrected chi connectivity index (χ2v) is 4.93. The summed E-state index contributed by atoms with van der Waals surface area (Å²) in [4.78, 5) is 24.2. The molecular formula is C11H10N2O5. The summed E-state index contributed by atoms with van der Waals surface area (Å²) < 4.78 is 15.1. The van der Waals surface area contributed by atoms with Gasteiger partial charge in [-0.15, -0.1) is 0 Å². The van der Waals surface area contributed by atoms with Crippen molar-refractivity contribution in [2.24, 2.45) is 17.8 Å². The highest BCUT2D eigenvalue weighted by molar-refractivity contribution is 6.05. The Labute approximate surface area is 101 Å². The van der Waals surface area contributed by atoms with Gasteiger partial charge in [0.15, 0.2) is 17.3 Å². The second kappa shape index (κ2) is 3.24. The quantitative estimate of drug-likeness (QED) is 0.668. The minimum absolute atomic E-state index is 0.0696. The molecule has 0 radical (unpaired) electrons. The van der Waals surface area contributed by atoms with Crippen molar-refractivity contribution in [3.8, 4) is 0 Å². The van der Waals surface area contributed by atoms with Crippen LogP contribution in [0.25, 0.3) is 0 Å². The molecule has 3 fully saturated rings. The van der Waals surface area contributed by atoms with Gasteiger partial charge in [-0.05, 0) is 12.1 Å². The van der Waals surface area contributed by atoms with Gasteiger partial charge in [0.25, 0.3) is 0 Å². The van der Waals surface area contributed by atoms with E-state index in [1.54, 1.807) is 6.92 Å². The molecule has 7 heteroatoms. The molecule has 0 amide bonds. The van der Waals surface area contributed by atoms with Gasteiger partial charge in [-0.3, -0.25) is 9.59 Å². The van der Waals surface area contributed by atoms with E-state index in [-0.39, 0.29) is 41.1 Å². The third-order valence-corrected chi connectivity index (χ3v) is 3.96. The average Bonchev–Trinajstić information content (AvgIpc) is 2.74. The highest BCUT2D eigenvalue weighted by Gasteiger charge is 2.69. The summed E-state index contributed by atoms with van der Waals surface area (Å²) in [7, 11) is 0. The highest BCUT2D eigenvalue weighted by atomic mass is 16.7. The third kappa shape index (κ3) is 1.15. The van der Waals surface area contributed by atoms with Crippen molar-refractivity contribution in [1.29, 1.82) is 0 Å². The molecule has 1 saturated carbocycles. The zero-order chi connectivity index (χ0) is 12.4. The Morgan fingerprint density at radius 2 is 2.22 bits per heavy atom. The van der Waals surface area contributed by atoms with E-state index >= 15 is 0 Å². The maximum absolute atomic E-state index is 12.3. The molecule has 4 rings (SSSR count). The number of fused-ring (bicyclic) bond motifs is 4. The molecule has 1 aliphatic carbocycles. The fourth-order valence-electron chi connectivity index (χ4n) is 3.04.